The molecule has 1 aliphatic rings. The first-order valence-corrected chi connectivity index (χ1v) is 7.84. The largest absolute Gasteiger partial charge is 0.366 e. The highest BCUT2D eigenvalue weighted by Gasteiger charge is 2.20. The third-order valence-corrected chi connectivity index (χ3v) is 3.97. The lowest BCUT2D eigenvalue weighted by Crippen LogP contribution is -2.48. The van der Waals surface area contributed by atoms with Gasteiger partial charge in [0.25, 0.3) is 0 Å². The van der Waals surface area contributed by atoms with E-state index >= 15 is 0 Å². The number of rotatable bonds is 4. The van der Waals surface area contributed by atoms with Crippen LogP contribution in [0.5, 0.6) is 0 Å². The topological polar surface area (TPSA) is 61.4 Å². The van der Waals surface area contributed by atoms with Gasteiger partial charge in [0.05, 0.1) is 0 Å². The minimum atomic E-state index is 0.129. The van der Waals surface area contributed by atoms with Crippen molar-refractivity contribution >= 4 is 17.7 Å². The van der Waals surface area contributed by atoms with Gasteiger partial charge >= 0.3 is 0 Å². The average Bonchev–Trinajstić information content (AvgIpc) is 2.61. The Kier molecular flexibility index (Phi) is 4.71. The van der Waals surface area contributed by atoms with Gasteiger partial charge in [0, 0.05) is 45.8 Å². The van der Waals surface area contributed by atoms with Crippen LogP contribution in [0.25, 0.3) is 0 Å². The number of hydrogen-bond donors (Lipinski definition) is 1. The normalized spacial score (nSPS) is 14.7. The molecule has 1 aromatic carbocycles. The molecule has 1 aliphatic heterocycles. The molecule has 0 bridgehead atoms. The van der Waals surface area contributed by atoms with Crippen LogP contribution in [0.3, 0.4) is 0 Å². The first-order chi connectivity index (χ1) is 11.2. The quantitative estimate of drug-likeness (QED) is 0.932. The number of nitrogens with zero attached hydrogens (tertiary/aromatic N) is 4. The lowest BCUT2D eigenvalue weighted by Gasteiger charge is -2.34. The highest BCUT2D eigenvalue weighted by atomic mass is 16.2. The summed E-state index contributed by atoms with van der Waals surface area (Å²) in [7, 11) is 0. The van der Waals surface area contributed by atoms with Gasteiger partial charge in [-0.25, -0.2) is 4.98 Å². The second-order valence-corrected chi connectivity index (χ2v) is 5.57. The van der Waals surface area contributed by atoms with E-state index in [1.807, 2.05) is 29.2 Å². The van der Waals surface area contributed by atoms with E-state index in [1.54, 1.807) is 13.1 Å². The van der Waals surface area contributed by atoms with Crippen molar-refractivity contribution in [2.75, 3.05) is 36.4 Å². The van der Waals surface area contributed by atoms with Crippen LogP contribution in [0.1, 0.15) is 12.5 Å². The molecule has 1 fully saturated rings. The number of hydrogen-bond acceptors (Lipinski definition) is 5. The Morgan fingerprint density at radius 3 is 2.57 bits per heavy atom. The van der Waals surface area contributed by atoms with Crippen molar-refractivity contribution in [1.82, 2.24) is 14.9 Å². The summed E-state index contributed by atoms with van der Waals surface area (Å²) in [5.41, 5.74) is 1.21. The molecule has 0 spiro atoms. The van der Waals surface area contributed by atoms with Gasteiger partial charge in [-0.2, -0.15) is 4.98 Å². The number of piperazine rings is 1. The fourth-order valence-electron chi connectivity index (χ4n) is 2.61. The molecular formula is C17H21N5O. The summed E-state index contributed by atoms with van der Waals surface area (Å²) in [4.78, 5) is 24.3. The molecule has 2 aromatic rings. The molecule has 0 unspecified atom stereocenters. The fourth-order valence-corrected chi connectivity index (χ4v) is 2.61. The molecule has 3 rings (SSSR count). The maximum Gasteiger partial charge on any atom is 0.227 e. The molecule has 120 valence electrons. The minimum Gasteiger partial charge on any atom is -0.366 e. The van der Waals surface area contributed by atoms with E-state index in [1.165, 1.54) is 5.56 Å². The van der Waals surface area contributed by atoms with Crippen LogP contribution in [0.15, 0.2) is 42.6 Å². The Morgan fingerprint density at radius 1 is 1.13 bits per heavy atom. The summed E-state index contributed by atoms with van der Waals surface area (Å²) < 4.78 is 0. The van der Waals surface area contributed by atoms with Crippen molar-refractivity contribution in [3.63, 3.8) is 0 Å². The van der Waals surface area contributed by atoms with Gasteiger partial charge in [0.1, 0.15) is 5.82 Å². The summed E-state index contributed by atoms with van der Waals surface area (Å²) in [6.07, 6.45) is 1.77. The number of amides is 1. The van der Waals surface area contributed by atoms with Gasteiger partial charge in [-0.3, -0.25) is 4.79 Å². The standard InChI is InChI=1S/C17H21N5O/c1-14(23)21-9-11-22(12-10-21)17-18-8-7-16(20-17)19-13-15-5-3-2-4-6-15/h2-8H,9-13H2,1H3,(H,18,19,20). The van der Waals surface area contributed by atoms with Crippen molar-refractivity contribution in [3.8, 4) is 0 Å². The molecule has 23 heavy (non-hydrogen) atoms. The monoisotopic (exact) mass is 311 g/mol. The highest BCUT2D eigenvalue weighted by molar-refractivity contribution is 5.73. The maximum absolute atomic E-state index is 11.4. The lowest BCUT2D eigenvalue weighted by atomic mass is 10.2. The van der Waals surface area contributed by atoms with E-state index in [-0.39, 0.29) is 5.91 Å². The molecule has 1 amide bonds. The third kappa shape index (κ3) is 3.97. The molecule has 0 aliphatic carbocycles. The average molecular weight is 311 g/mol. The van der Waals surface area contributed by atoms with E-state index < -0.39 is 0 Å². The first kappa shape index (κ1) is 15.3. The van der Waals surface area contributed by atoms with Crippen molar-refractivity contribution in [1.29, 1.82) is 0 Å². The molecule has 0 saturated carbocycles. The number of aromatic nitrogens is 2. The van der Waals surface area contributed by atoms with Crippen LogP contribution in [0.2, 0.25) is 0 Å². The molecule has 1 saturated heterocycles. The van der Waals surface area contributed by atoms with Gasteiger partial charge in [0.15, 0.2) is 0 Å². The zero-order valence-electron chi connectivity index (χ0n) is 13.3. The number of nitrogens with one attached hydrogen (secondary N) is 1. The van der Waals surface area contributed by atoms with Gasteiger partial charge in [-0.05, 0) is 11.6 Å². The predicted molar refractivity (Wildman–Crippen MR) is 90.3 cm³/mol. The van der Waals surface area contributed by atoms with Gasteiger partial charge in [-0.15, -0.1) is 0 Å². The molecule has 0 atom stereocenters. The summed E-state index contributed by atoms with van der Waals surface area (Å²) in [5.74, 6) is 1.66. The minimum absolute atomic E-state index is 0.129. The highest BCUT2D eigenvalue weighted by Crippen LogP contribution is 2.14. The molecule has 0 radical (unpaired) electrons. The van der Waals surface area contributed by atoms with Crippen LogP contribution in [0, 0.1) is 0 Å². The van der Waals surface area contributed by atoms with Crippen molar-refractivity contribution in [2.45, 2.75) is 13.5 Å². The summed E-state index contributed by atoms with van der Waals surface area (Å²) in [6.45, 7) is 5.32. The molecular weight excluding hydrogens is 290 g/mol. The Hall–Kier alpha value is -2.63. The van der Waals surface area contributed by atoms with E-state index in [9.17, 15) is 4.79 Å². The van der Waals surface area contributed by atoms with Crippen molar-refractivity contribution in [3.05, 3.63) is 48.2 Å². The first-order valence-electron chi connectivity index (χ1n) is 7.84. The van der Waals surface area contributed by atoms with Crippen LogP contribution in [-0.2, 0) is 11.3 Å². The molecule has 6 heteroatoms. The second-order valence-electron chi connectivity index (χ2n) is 5.57. The zero-order valence-corrected chi connectivity index (χ0v) is 13.3. The number of anilines is 2. The summed E-state index contributed by atoms with van der Waals surface area (Å²) >= 11 is 0. The Labute approximate surface area is 136 Å². The summed E-state index contributed by atoms with van der Waals surface area (Å²) in [5, 5.41) is 3.33. The van der Waals surface area contributed by atoms with Crippen LogP contribution < -0.4 is 10.2 Å². The van der Waals surface area contributed by atoms with Crippen molar-refractivity contribution in [2.24, 2.45) is 0 Å². The van der Waals surface area contributed by atoms with E-state index in [0.717, 1.165) is 38.5 Å². The van der Waals surface area contributed by atoms with Crippen LogP contribution >= 0.6 is 0 Å². The van der Waals surface area contributed by atoms with Crippen molar-refractivity contribution < 1.29 is 4.79 Å². The van der Waals surface area contributed by atoms with E-state index in [4.69, 9.17) is 0 Å². The Morgan fingerprint density at radius 2 is 1.87 bits per heavy atom. The Balaban J connectivity index is 1.60. The van der Waals surface area contributed by atoms with Crippen LogP contribution in [-0.4, -0.2) is 47.0 Å². The molecule has 6 nitrogen and oxygen atoms in total. The Bertz CT molecular complexity index is 653. The molecule has 1 N–H and O–H groups in total. The zero-order chi connectivity index (χ0) is 16.1. The van der Waals surface area contributed by atoms with Gasteiger partial charge in [0.2, 0.25) is 11.9 Å². The second kappa shape index (κ2) is 7.09. The number of carbonyl (C=O) groups is 1. The smallest absolute Gasteiger partial charge is 0.227 e. The SMILES string of the molecule is CC(=O)N1CCN(c2nccc(NCc3ccccc3)n2)CC1. The fraction of sp³-hybridized carbons (Fsp3) is 0.353. The molecule has 2 heterocycles. The maximum atomic E-state index is 11.4. The van der Waals surface area contributed by atoms with Gasteiger partial charge in [-0.1, -0.05) is 30.3 Å². The number of carbonyl (C=O) groups excluding carboxylic acids is 1. The lowest BCUT2D eigenvalue weighted by molar-refractivity contribution is -0.129. The van der Waals surface area contributed by atoms with E-state index in [2.05, 4.69) is 32.3 Å². The molecule has 1 aromatic heterocycles. The third-order valence-electron chi connectivity index (χ3n) is 3.97. The van der Waals surface area contributed by atoms with E-state index in [0.29, 0.717) is 5.95 Å². The predicted octanol–water partition coefficient (Wildman–Crippen LogP) is 1.76. The van der Waals surface area contributed by atoms with Gasteiger partial charge < -0.3 is 15.1 Å². The number of benzene rings is 1. The van der Waals surface area contributed by atoms with Crippen LogP contribution in [0.4, 0.5) is 11.8 Å². The summed E-state index contributed by atoms with van der Waals surface area (Å²) in [6, 6.07) is 12.1.